The lowest BCUT2D eigenvalue weighted by Crippen LogP contribution is -2.63. The van der Waals surface area contributed by atoms with Crippen molar-refractivity contribution in [3.8, 4) is 0 Å². The maximum absolute atomic E-state index is 12.7. The van der Waals surface area contributed by atoms with Crippen molar-refractivity contribution in [3.63, 3.8) is 0 Å². The summed E-state index contributed by atoms with van der Waals surface area (Å²) >= 11 is 0. The molecule has 5 N–H and O–H groups in total. The molecule has 3 aliphatic heterocycles. The molecule has 5 aliphatic carbocycles. The van der Waals surface area contributed by atoms with E-state index in [0.29, 0.717) is 25.4 Å². The van der Waals surface area contributed by atoms with Crippen LogP contribution in [-0.4, -0.2) is 105 Å². The fraction of sp³-hybridized carbons (Fsp3) is 0.973. The Morgan fingerprint density at radius 2 is 1.52 bits per heavy atom. The third-order valence-corrected chi connectivity index (χ3v) is 16.4. The summed E-state index contributed by atoms with van der Waals surface area (Å²) in [6.45, 7) is 14.0. The standard InChI is InChI=1S/C37H58O11/c1-19(38)46-26-27-32(6)12-15-37(48-32,31(4,5)43)45-18-36(27)14-13-35-17-34(35)11-10-23(47-29-25(41)24(40)20(39)16-44-29)30(2,3)21(34)8-9-22(35)33(36,7)28(26)42/h20-29,39-43H,8-18H2,1-7H3/t20-,21-,22+,23-,24-,25+,26-,27-,28-,29+,32-,33-,34-,35+,36-,37-/m0/s1. The van der Waals surface area contributed by atoms with Gasteiger partial charge in [0.25, 0.3) is 0 Å². The summed E-state index contributed by atoms with van der Waals surface area (Å²) in [4.78, 5) is 12.7. The summed E-state index contributed by atoms with van der Waals surface area (Å²) in [7, 11) is 0. The van der Waals surface area contributed by atoms with Crippen LogP contribution in [0.4, 0.5) is 0 Å². The molecule has 0 radical (unpaired) electrons. The lowest BCUT2D eigenvalue weighted by atomic mass is 9.41. The number of esters is 1. The third kappa shape index (κ3) is 3.95. The Balaban J connectivity index is 1.13. The molecule has 8 fully saturated rings. The van der Waals surface area contributed by atoms with E-state index in [-0.39, 0.29) is 40.8 Å². The van der Waals surface area contributed by atoms with Crippen molar-refractivity contribution in [1.82, 2.24) is 0 Å². The van der Waals surface area contributed by atoms with Crippen LogP contribution in [0.1, 0.15) is 106 Å². The number of aliphatic hydroxyl groups excluding tert-OH is 4. The maximum Gasteiger partial charge on any atom is 0.303 e. The van der Waals surface area contributed by atoms with Crippen molar-refractivity contribution in [2.45, 2.75) is 166 Å². The summed E-state index contributed by atoms with van der Waals surface area (Å²) in [6.07, 6.45) is 1.09. The Kier molecular flexibility index (Phi) is 7.24. The quantitative estimate of drug-likeness (QED) is 0.219. The molecule has 11 heteroatoms. The summed E-state index contributed by atoms with van der Waals surface area (Å²) in [5.41, 5.74) is -3.27. The summed E-state index contributed by atoms with van der Waals surface area (Å²) < 4.78 is 31.9. The molecule has 2 bridgehead atoms. The van der Waals surface area contributed by atoms with Gasteiger partial charge in [-0.3, -0.25) is 4.79 Å². The van der Waals surface area contributed by atoms with Crippen LogP contribution in [-0.2, 0) is 28.5 Å². The molecule has 0 unspecified atom stereocenters. The van der Waals surface area contributed by atoms with Gasteiger partial charge in [-0.15, -0.1) is 0 Å². The topological polar surface area (TPSA) is 164 Å². The van der Waals surface area contributed by atoms with Gasteiger partial charge < -0.3 is 49.2 Å². The largest absolute Gasteiger partial charge is 0.459 e. The van der Waals surface area contributed by atoms with Crippen LogP contribution in [0.3, 0.4) is 0 Å². The van der Waals surface area contributed by atoms with E-state index >= 15 is 0 Å². The molecule has 0 aromatic heterocycles. The van der Waals surface area contributed by atoms with Crippen molar-refractivity contribution < 1.29 is 54.0 Å². The number of aliphatic hydroxyl groups is 5. The SMILES string of the molecule is CC(=O)O[C@H]1[C@@H]2[C@]3(CC[C@]45C[C@]46CC[C@H](O[C@H]4OC[C@H](O)[C@H](O)[C@H]4O)C(C)(C)[C@@H]6CC[C@@H]5[C@@]3(C)[C@H]1O)CO[C@@]1(C(C)(C)O)CC[C@]2(C)O1. The summed E-state index contributed by atoms with van der Waals surface area (Å²) in [6, 6.07) is 0. The second kappa shape index (κ2) is 10.2. The zero-order valence-corrected chi connectivity index (χ0v) is 29.7. The van der Waals surface area contributed by atoms with Crippen molar-refractivity contribution in [1.29, 1.82) is 0 Å². The van der Waals surface area contributed by atoms with Gasteiger partial charge in [-0.1, -0.05) is 20.8 Å². The molecule has 16 atom stereocenters. The van der Waals surface area contributed by atoms with Gasteiger partial charge >= 0.3 is 5.97 Å². The van der Waals surface area contributed by atoms with Gasteiger partial charge in [0.15, 0.2) is 12.1 Å². The van der Waals surface area contributed by atoms with Crippen molar-refractivity contribution in [3.05, 3.63) is 0 Å². The highest BCUT2D eigenvalue weighted by atomic mass is 16.7. The predicted molar refractivity (Wildman–Crippen MR) is 170 cm³/mol. The molecule has 11 nitrogen and oxygen atoms in total. The second-order valence-electron chi connectivity index (χ2n) is 18.9. The molecule has 3 saturated heterocycles. The maximum atomic E-state index is 12.7. The van der Waals surface area contributed by atoms with Gasteiger partial charge in [0.2, 0.25) is 0 Å². The van der Waals surface area contributed by atoms with E-state index in [1.807, 2.05) is 0 Å². The van der Waals surface area contributed by atoms with Crippen LogP contribution in [0.5, 0.6) is 0 Å². The van der Waals surface area contributed by atoms with Gasteiger partial charge in [0.1, 0.15) is 30.0 Å². The predicted octanol–water partition coefficient (Wildman–Crippen LogP) is 2.81. The first-order valence-electron chi connectivity index (χ1n) is 18.5. The number of fused-ring (bicyclic) bond motifs is 4. The van der Waals surface area contributed by atoms with E-state index in [1.54, 1.807) is 13.8 Å². The number of ether oxygens (including phenoxy) is 5. The van der Waals surface area contributed by atoms with Crippen molar-refractivity contribution in [2.24, 2.45) is 44.8 Å². The number of hydrogen-bond donors (Lipinski definition) is 5. The minimum absolute atomic E-state index is 0.0248. The molecule has 3 heterocycles. The second-order valence-corrected chi connectivity index (χ2v) is 18.9. The molecule has 272 valence electrons. The fourth-order valence-corrected chi connectivity index (χ4v) is 14.1. The lowest BCUT2D eigenvalue weighted by molar-refractivity contribution is -0.317. The highest BCUT2D eigenvalue weighted by molar-refractivity contribution is 5.66. The molecule has 0 aromatic rings. The Morgan fingerprint density at radius 1 is 0.854 bits per heavy atom. The van der Waals surface area contributed by atoms with Crippen LogP contribution >= 0.6 is 0 Å². The van der Waals surface area contributed by atoms with Crippen molar-refractivity contribution in [2.75, 3.05) is 13.2 Å². The molecule has 5 saturated carbocycles. The first-order chi connectivity index (χ1) is 22.3. The van der Waals surface area contributed by atoms with Crippen LogP contribution in [0.25, 0.3) is 0 Å². The van der Waals surface area contributed by atoms with Gasteiger partial charge in [-0.05, 0) is 100 Å². The van der Waals surface area contributed by atoms with Gasteiger partial charge in [0, 0.05) is 30.1 Å². The van der Waals surface area contributed by atoms with Crippen LogP contribution in [0, 0.1) is 44.8 Å². The normalized spacial score (nSPS) is 58.1. The fourth-order valence-electron chi connectivity index (χ4n) is 14.1. The van der Waals surface area contributed by atoms with Crippen LogP contribution in [0.15, 0.2) is 0 Å². The Labute approximate surface area is 284 Å². The van der Waals surface area contributed by atoms with Gasteiger partial charge in [0.05, 0.1) is 31.0 Å². The van der Waals surface area contributed by atoms with E-state index in [9.17, 15) is 30.3 Å². The molecular formula is C37H58O11. The summed E-state index contributed by atoms with van der Waals surface area (Å²) in [5.74, 6) is -1.33. The smallest absolute Gasteiger partial charge is 0.303 e. The minimum Gasteiger partial charge on any atom is -0.459 e. The first-order valence-corrected chi connectivity index (χ1v) is 18.5. The Morgan fingerprint density at radius 3 is 2.21 bits per heavy atom. The van der Waals surface area contributed by atoms with Crippen molar-refractivity contribution >= 4 is 5.97 Å². The van der Waals surface area contributed by atoms with Crippen LogP contribution in [0.2, 0.25) is 0 Å². The molecule has 0 amide bonds. The zero-order chi connectivity index (χ0) is 34.7. The molecule has 8 aliphatic rings. The highest BCUT2D eigenvalue weighted by Gasteiger charge is 2.87. The van der Waals surface area contributed by atoms with E-state index in [1.165, 1.54) is 6.92 Å². The number of rotatable bonds is 4. The average Bonchev–Trinajstić information content (AvgIpc) is 3.50. The zero-order valence-electron chi connectivity index (χ0n) is 29.7. The number of carbonyl (C=O) groups excluding carboxylic acids is 1. The third-order valence-electron chi connectivity index (χ3n) is 16.4. The van der Waals surface area contributed by atoms with Crippen LogP contribution < -0.4 is 0 Å². The molecular weight excluding hydrogens is 620 g/mol. The molecule has 3 spiro atoms. The van der Waals surface area contributed by atoms with E-state index in [0.717, 1.165) is 44.9 Å². The average molecular weight is 679 g/mol. The van der Waals surface area contributed by atoms with E-state index in [2.05, 4.69) is 27.7 Å². The Hall–Kier alpha value is -0.890. The molecule has 8 rings (SSSR count). The number of carbonyl (C=O) groups is 1. The van der Waals surface area contributed by atoms with E-state index in [4.69, 9.17) is 23.7 Å². The Bertz CT molecular complexity index is 1350. The number of hydrogen-bond acceptors (Lipinski definition) is 11. The highest BCUT2D eigenvalue weighted by Crippen LogP contribution is 2.89. The molecule has 48 heavy (non-hydrogen) atoms. The minimum atomic E-state index is -1.32. The lowest BCUT2D eigenvalue weighted by Gasteiger charge is -2.64. The van der Waals surface area contributed by atoms with Gasteiger partial charge in [-0.2, -0.15) is 0 Å². The monoisotopic (exact) mass is 678 g/mol. The van der Waals surface area contributed by atoms with Gasteiger partial charge in [-0.25, -0.2) is 0 Å². The van der Waals surface area contributed by atoms with E-state index < -0.39 is 70.6 Å². The first kappa shape index (κ1) is 34.2. The molecule has 0 aromatic carbocycles. The summed E-state index contributed by atoms with van der Waals surface area (Å²) in [5, 5.41) is 54.9.